The second-order valence-electron chi connectivity index (χ2n) is 4.67. The third-order valence-corrected chi connectivity index (χ3v) is 3.14. The van der Waals surface area contributed by atoms with Gasteiger partial charge in [-0.3, -0.25) is 4.79 Å². The molecule has 0 fully saturated rings. The lowest BCUT2D eigenvalue weighted by Gasteiger charge is -2.16. The van der Waals surface area contributed by atoms with E-state index in [1.165, 1.54) is 7.11 Å². The van der Waals surface area contributed by atoms with E-state index in [2.05, 4.69) is 20.0 Å². The lowest BCUT2D eigenvalue weighted by Crippen LogP contribution is -2.43. The molecule has 1 aromatic carbocycles. The van der Waals surface area contributed by atoms with Crippen LogP contribution in [0.4, 0.5) is 0 Å². The van der Waals surface area contributed by atoms with Crippen molar-refractivity contribution in [3.63, 3.8) is 0 Å². The van der Waals surface area contributed by atoms with Gasteiger partial charge in [-0.1, -0.05) is 30.3 Å². The highest BCUT2D eigenvalue weighted by molar-refractivity contribution is 6.03. The number of aromatic nitrogens is 2. The summed E-state index contributed by atoms with van der Waals surface area (Å²) in [5.41, 5.74) is 0.189. The van der Waals surface area contributed by atoms with Crippen molar-refractivity contribution >= 4 is 17.8 Å². The summed E-state index contributed by atoms with van der Waals surface area (Å²) in [4.78, 5) is 41.1. The van der Waals surface area contributed by atoms with Gasteiger partial charge in [-0.15, -0.1) is 0 Å². The average Bonchev–Trinajstić information content (AvgIpc) is 3.04. The minimum Gasteiger partial charge on any atom is -0.477 e. The van der Waals surface area contributed by atoms with E-state index in [1.54, 1.807) is 12.1 Å². The van der Waals surface area contributed by atoms with Gasteiger partial charge in [-0.05, 0) is 5.56 Å². The van der Waals surface area contributed by atoms with Gasteiger partial charge in [0, 0.05) is 6.42 Å². The van der Waals surface area contributed by atoms with Crippen LogP contribution in [-0.4, -0.2) is 46.1 Å². The third kappa shape index (κ3) is 3.94. The van der Waals surface area contributed by atoms with E-state index < -0.39 is 23.9 Å². The van der Waals surface area contributed by atoms with Gasteiger partial charge in [0.1, 0.15) is 6.04 Å². The van der Waals surface area contributed by atoms with Gasteiger partial charge in [0.15, 0.2) is 11.4 Å². The van der Waals surface area contributed by atoms with Crippen LogP contribution in [0.1, 0.15) is 26.5 Å². The number of esters is 1. The molecule has 0 aliphatic heterocycles. The molecule has 0 unspecified atom stereocenters. The number of hydrogen-bond donors (Lipinski definition) is 3. The van der Waals surface area contributed by atoms with Crippen LogP contribution in [0, 0.1) is 0 Å². The van der Waals surface area contributed by atoms with Crippen LogP contribution in [0.15, 0.2) is 36.7 Å². The molecule has 8 nitrogen and oxygen atoms in total. The zero-order chi connectivity index (χ0) is 16.8. The summed E-state index contributed by atoms with van der Waals surface area (Å²) in [6, 6.07) is 8.11. The van der Waals surface area contributed by atoms with Crippen molar-refractivity contribution in [1.29, 1.82) is 0 Å². The van der Waals surface area contributed by atoms with Crippen LogP contribution >= 0.6 is 0 Å². The number of amides is 1. The van der Waals surface area contributed by atoms with E-state index in [1.807, 2.05) is 18.2 Å². The molecule has 1 atom stereocenters. The van der Waals surface area contributed by atoms with E-state index in [9.17, 15) is 14.4 Å². The average molecular weight is 317 g/mol. The molecule has 0 radical (unpaired) electrons. The van der Waals surface area contributed by atoms with Crippen molar-refractivity contribution in [2.24, 2.45) is 0 Å². The number of aromatic carboxylic acids is 1. The molecule has 0 aliphatic carbocycles. The maximum absolute atomic E-state index is 12.2. The van der Waals surface area contributed by atoms with Crippen molar-refractivity contribution in [2.45, 2.75) is 12.5 Å². The summed E-state index contributed by atoms with van der Waals surface area (Å²) in [5, 5.41) is 11.4. The molecule has 8 heteroatoms. The number of carboxylic acids is 1. The zero-order valence-corrected chi connectivity index (χ0v) is 12.3. The first kappa shape index (κ1) is 16.2. The molecule has 23 heavy (non-hydrogen) atoms. The first-order valence-electron chi connectivity index (χ1n) is 6.72. The number of ether oxygens (including phenoxy) is 1. The summed E-state index contributed by atoms with van der Waals surface area (Å²) >= 11 is 0. The number of benzene rings is 1. The molecule has 1 heterocycles. The topological polar surface area (TPSA) is 121 Å². The minimum absolute atomic E-state index is 0.214. The normalized spacial score (nSPS) is 11.5. The summed E-state index contributed by atoms with van der Waals surface area (Å²) < 4.78 is 4.68. The Morgan fingerprint density at radius 3 is 2.61 bits per heavy atom. The van der Waals surface area contributed by atoms with Crippen LogP contribution in [0.25, 0.3) is 0 Å². The van der Waals surface area contributed by atoms with Crippen LogP contribution in [0.2, 0.25) is 0 Å². The third-order valence-electron chi connectivity index (χ3n) is 3.14. The molecular formula is C15H15N3O5. The number of carbonyl (C=O) groups excluding carboxylic acids is 2. The smallest absolute Gasteiger partial charge is 0.354 e. The summed E-state index contributed by atoms with van der Waals surface area (Å²) in [6.45, 7) is 0. The number of carbonyl (C=O) groups is 3. The first-order chi connectivity index (χ1) is 11.0. The molecule has 2 aromatic rings. The summed E-state index contributed by atoms with van der Waals surface area (Å²) in [5.74, 6) is -2.71. The van der Waals surface area contributed by atoms with Crippen molar-refractivity contribution < 1.29 is 24.2 Å². The Balaban J connectivity index is 2.17. The first-order valence-corrected chi connectivity index (χ1v) is 6.72. The number of methoxy groups -OCH3 is 1. The van der Waals surface area contributed by atoms with Gasteiger partial charge in [-0.25, -0.2) is 14.6 Å². The number of aromatic amines is 1. The monoisotopic (exact) mass is 317 g/mol. The Hall–Kier alpha value is -3.16. The number of H-pyrrole nitrogens is 1. The molecule has 0 saturated heterocycles. The van der Waals surface area contributed by atoms with Crippen molar-refractivity contribution in [3.8, 4) is 0 Å². The maximum Gasteiger partial charge on any atom is 0.354 e. The predicted octanol–water partition coefficient (Wildman–Crippen LogP) is 0.622. The van der Waals surface area contributed by atoms with Gasteiger partial charge in [0.05, 0.1) is 13.4 Å². The molecule has 0 saturated carbocycles. The predicted molar refractivity (Wildman–Crippen MR) is 79.0 cm³/mol. The molecule has 3 N–H and O–H groups in total. The molecule has 0 spiro atoms. The van der Waals surface area contributed by atoms with Gasteiger partial charge in [0.2, 0.25) is 0 Å². The Labute approximate surface area is 131 Å². The number of imidazole rings is 1. The highest BCUT2D eigenvalue weighted by Crippen LogP contribution is 2.07. The van der Waals surface area contributed by atoms with Crippen LogP contribution < -0.4 is 5.32 Å². The second-order valence-corrected chi connectivity index (χ2v) is 4.67. The van der Waals surface area contributed by atoms with E-state index in [-0.39, 0.29) is 17.8 Å². The quantitative estimate of drug-likeness (QED) is 0.672. The molecule has 0 aliphatic rings. The molecular weight excluding hydrogens is 302 g/mol. The number of nitrogens with zero attached hydrogens (tertiary/aromatic N) is 1. The van der Waals surface area contributed by atoms with E-state index in [0.29, 0.717) is 0 Å². The summed E-state index contributed by atoms with van der Waals surface area (Å²) in [6.07, 6.45) is 1.31. The molecule has 0 bridgehead atoms. The van der Waals surface area contributed by atoms with Crippen molar-refractivity contribution in [1.82, 2.24) is 15.3 Å². The van der Waals surface area contributed by atoms with Crippen molar-refractivity contribution in [2.75, 3.05) is 7.11 Å². The van der Waals surface area contributed by atoms with Gasteiger partial charge in [-0.2, -0.15) is 0 Å². The Morgan fingerprint density at radius 1 is 1.30 bits per heavy atom. The fourth-order valence-electron chi connectivity index (χ4n) is 2.04. The molecule has 2 rings (SSSR count). The van der Waals surface area contributed by atoms with Crippen LogP contribution in [-0.2, 0) is 16.0 Å². The Morgan fingerprint density at radius 2 is 2.00 bits per heavy atom. The lowest BCUT2D eigenvalue weighted by atomic mass is 10.1. The summed E-state index contributed by atoms with van der Waals surface area (Å²) in [7, 11) is 1.21. The van der Waals surface area contributed by atoms with Gasteiger partial charge < -0.3 is 20.1 Å². The van der Waals surface area contributed by atoms with Gasteiger partial charge >= 0.3 is 11.9 Å². The number of nitrogens with one attached hydrogen (secondary N) is 2. The van der Waals surface area contributed by atoms with Gasteiger partial charge in [0.25, 0.3) is 5.91 Å². The molecule has 1 amide bonds. The van der Waals surface area contributed by atoms with E-state index in [4.69, 9.17) is 5.11 Å². The Kier molecular flexibility index (Phi) is 5.08. The Bertz CT molecular complexity index is 711. The van der Waals surface area contributed by atoms with Crippen LogP contribution in [0.5, 0.6) is 0 Å². The second kappa shape index (κ2) is 7.21. The molecule has 1 aromatic heterocycles. The SMILES string of the molecule is COC(=O)[C@H](Cc1ccccc1)NC(=O)c1nc[nH]c1C(=O)O. The maximum atomic E-state index is 12.2. The number of carboxylic acid groups (broad SMARTS) is 1. The largest absolute Gasteiger partial charge is 0.477 e. The standard InChI is InChI=1S/C15H15N3O5/c1-23-15(22)10(7-9-5-3-2-4-6-9)18-13(19)11-12(14(20)21)17-8-16-11/h2-6,8,10H,7H2,1H3,(H,16,17)(H,18,19)(H,20,21)/t10-/m0/s1. The zero-order valence-electron chi connectivity index (χ0n) is 12.3. The highest BCUT2D eigenvalue weighted by Gasteiger charge is 2.26. The van der Waals surface area contributed by atoms with Crippen molar-refractivity contribution in [3.05, 3.63) is 53.6 Å². The van der Waals surface area contributed by atoms with E-state index >= 15 is 0 Å². The van der Waals surface area contributed by atoms with Crippen LogP contribution in [0.3, 0.4) is 0 Å². The molecule has 120 valence electrons. The fraction of sp³-hybridized carbons (Fsp3) is 0.200. The highest BCUT2D eigenvalue weighted by atomic mass is 16.5. The number of hydrogen-bond acceptors (Lipinski definition) is 5. The minimum atomic E-state index is -1.31. The van der Waals surface area contributed by atoms with E-state index in [0.717, 1.165) is 11.9 Å². The fourth-order valence-corrected chi connectivity index (χ4v) is 2.04. The lowest BCUT2D eigenvalue weighted by molar-refractivity contribution is -0.142. The number of rotatable bonds is 6.